The lowest BCUT2D eigenvalue weighted by Gasteiger charge is -2.19. The summed E-state index contributed by atoms with van der Waals surface area (Å²) in [6, 6.07) is 8.55. The quantitative estimate of drug-likeness (QED) is 0.577. The maximum absolute atomic E-state index is 12.5. The molecule has 0 fully saturated rings. The number of amides is 3. The van der Waals surface area contributed by atoms with Gasteiger partial charge in [-0.2, -0.15) is 0 Å². The molecule has 9 heteroatoms. The number of carbonyl (C=O) groups excluding carboxylic acids is 3. The Labute approximate surface area is 181 Å². The number of nitrogens with zero attached hydrogens (tertiary/aromatic N) is 1. The molecule has 0 spiro atoms. The molecule has 0 saturated heterocycles. The molecule has 0 bridgehead atoms. The molecule has 31 heavy (non-hydrogen) atoms. The van der Waals surface area contributed by atoms with Crippen LogP contribution in [0, 0.1) is 0 Å². The van der Waals surface area contributed by atoms with Gasteiger partial charge >= 0.3 is 12.2 Å². The minimum absolute atomic E-state index is 0.129. The molecule has 2 rings (SSSR count). The highest BCUT2D eigenvalue weighted by Gasteiger charge is 2.18. The molecule has 2 aromatic rings. The lowest BCUT2D eigenvalue weighted by atomic mass is 10.2. The van der Waals surface area contributed by atoms with E-state index in [9.17, 15) is 14.4 Å². The second kappa shape index (κ2) is 10.3. The first kappa shape index (κ1) is 23.5. The van der Waals surface area contributed by atoms with Crippen LogP contribution in [0.5, 0.6) is 0 Å². The molecule has 0 atom stereocenters. The Balaban J connectivity index is 1.89. The Kier molecular flexibility index (Phi) is 7.84. The number of hydrogen-bond donors (Lipinski definition) is 3. The third-order valence-electron chi connectivity index (χ3n) is 3.87. The second-order valence-corrected chi connectivity index (χ2v) is 7.74. The third kappa shape index (κ3) is 7.88. The second-order valence-electron chi connectivity index (χ2n) is 7.74. The number of anilines is 2. The Bertz CT molecular complexity index is 942. The summed E-state index contributed by atoms with van der Waals surface area (Å²) in [5, 5.41) is 8.02. The van der Waals surface area contributed by atoms with Gasteiger partial charge < -0.3 is 19.4 Å². The Morgan fingerprint density at radius 2 is 1.71 bits per heavy atom. The highest BCUT2D eigenvalue weighted by Crippen LogP contribution is 2.16. The zero-order valence-electron chi connectivity index (χ0n) is 18.2. The van der Waals surface area contributed by atoms with E-state index in [2.05, 4.69) is 22.5 Å². The van der Waals surface area contributed by atoms with Gasteiger partial charge in [-0.3, -0.25) is 15.4 Å². The Morgan fingerprint density at radius 1 is 1.06 bits per heavy atom. The van der Waals surface area contributed by atoms with E-state index in [0.29, 0.717) is 23.6 Å². The van der Waals surface area contributed by atoms with Crippen molar-refractivity contribution < 1.29 is 23.9 Å². The van der Waals surface area contributed by atoms with E-state index >= 15 is 0 Å². The number of rotatable bonds is 7. The van der Waals surface area contributed by atoms with E-state index in [0.717, 1.165) is 5.56 Å². The van der Waals surface area contributed by atoms with Gasteiger partial charge in [0.1, 0.15) is 17.9 Å². The van der Waals surface area contributed by atoms with Gasteiger partial charge in [0.05, 0.1) is 5.69 Å². The minimum atomic E-state index is -0.615. The lowest BCUT2D eigenvalue weighted by molar-refractivity contribution is 0.0635. The molecular formula is C22H28N4O5. The first-order valence-electron chi connectivity index (χ1n) is 9.65. The molecule has 0 aliphatic heterocycles. The molecule has 166 valence electrons. The summed E-state index contributed by atoms with van der Waals surface area (Å²) in [7, 11) is 1.71. The van der Waals surface area contributed by atoms with E-state index in [1.54, 1.807) is 68.9 Å². The molecule has 1 heterocycles. The van der Waals surface area contributed by atoms with Gasteiger partial charge in [-0.05, 0) is 44.5 Å². The number of hydrogen-bond acceptors (Lipinski definition) is 5. The normalized spacial score (nSPS) is 10.7. The number of benzene rings is 1. The maximum Gasteiger partial charge on any atom is 0.412 e. The monoisotopic (exact) mass is 428 g/mol. The number of nitrogens with one attached hydrogen (secondary N) is 3. The van der Waals surface area contributed by atoms with E-state index in [-0.39, 0.29) is 12.5 Å². The molecule has 0 aliphatic carbocycles. The average Bonchev–Trinajstić information content (AvgIpc) is 3.04. The molecule has 0 radical (unpaired) electrons. The van der Waals surface area contributed by atoms with Crippen molar-refractivity contribution in [1.82, 2.24) is 9.88 Å². The van der Waals surface area contributed by atoms with Gasteiger partial charge in [-0.25, -0.2) is 9.59 Å². The number of ether oxygens (including phenoxy) is 2. The van der Waals surface area contributed by atoms with Gasteiger partial charge in [0.2, 0.25) is 0 Å². The largest absolute Gasteiger partial charge is 0.445 e. The molecule has 1 aromatic carbocycles. The minimum Gasteiger partial charge on any atom is -0.445 e. The molecule has 0 unspecified atom stereocenters. The summed E-state index contributed by atoms with van der Waals surface area (Å²) in [6.07, 6.45) is 1.95. The van der Waals surface area contributed by atoms with Crippen molar-refractivity contribution in [1.29, 1.82) is 0 Å². The smallest absolute Gasteiger partial charge is 0.412 e. The van der Waals surface area contributed by atoms with Gasteiger partial charge in [0.25, 0.3) is 5.91 Å². The zero-order chi connectivity index (χ0) is 23.0. The van der Waals surface area contributed by atoms with Crippen molar-refractivity contribution in [3.05, 3.63) is 60.4 Å². The molecular weight excluding hydrogens is 400 g/mol. The van der Waals surface area contributed by atoms with Gasteiger partial charge in [-0.1, -0.05) is 24.8 Å². The number of aryl methyl sites for hydroxylation is 1. The van der Waals surface area contributed by atoms with Crippen LogP contribution in [0.2, 0.25) is 0 Å². The van der Waals surface area contributed by atoms with E-state index < -0.39 is 17.8 Å². The van der Waals surface area contributed by atoms with Gasteiger partial charge in [0, 0.05) is 25.5 Å². The summed E-state index contributed by atoms with van der Waals surface area (Å²) in [5.41, 5.74) is 1.65. The summed E-state index contributed by atoms with van der Waals surface area (Å²) in [6.45, 7) is 9.21. The van der Waals surface area contributed by atoms with Crippen molar-refractivity contribution in [2.45, 2.75) is 32.9 Å². The van der Waals surface area contributed by atoms with Crippen molar-refractivity contribution in [2.24, 2.45) is 7.05 Å². The fourth-order valence-corrected chi connectivity index (χ4v) is 2.55. The highest BCUT2D eigenvalue weighted by atomic mass is 16.6. The fourth-order valence-electron chi connectivity index (χ4n) is 2.55. The predicted octanol–water partition coefficient (Wildman–Crippen LogP) is 4.04. The van der Waals surface area contributed by atoms with Crippen LogP contribution in [0.1, 0.15) is 36.8 Å². The molecule has 0 aliphatic rings. The van der Waals surface area contributed by atoms with Crippen LogP contribution in [0.25, 0.3) is 0 Å². The Hall–Kier alpha value is -3.75. The molecule has 0 saturated carbocycles. The van der Waals surface area contributed by atoms with Crippen LogP contribution >= 0.6 is 0 Å². The number of aromatic nitrogens is 1. The average molecular weight is 428 g/mol. The van der Waals surface area contributed by atoms with Gasteiger partial charge in [-0.15, -0.1) is 0 Å². The first-order chi connectivity index (χ1) is 14.6. The van der Waals surface area contributed by atoms with Crippen molar-refractivity contribution >= 4 is 29.5 Å². The van der Waals surface area contributed by atoms with Gasteiger partial charge in [0.15, 0.2) is 0 Å². The standard InChI is InChI=1S/C22H28N4O5/c1-6-11-30-20(28)24-16-9-7-15(8-10-16)13-23-19(27)18-12-17(14-26(18)5)25-21(29)31-22(2,3)4/h6-10,12,14H,1,11,13H2,2-5H3,(H,23,27)(H,24,28)(H,25,29). The maximum atomic E-state index is 12.5. The lowest BCUT2D eigenvalue weighted by Crippen LogP contribution is -2.27. The molecule has 3 N–H and O–H groups in total. The fraction of sp³-hybridized carbons (Fsp3) is 0.318. The highest BCUT2D eigenvalue weighted by molar-refractivity contribution is 5.95. The predicted molar refractivity (Wildman–Crippen MR) is 118 cm³/mol. The van der Waals surface area contributed by atoms with Crippen molar-refractivity contribution in [3.63, 3.8) is 0 Å². The summed E-state index contributed by atoms with van der Waals surface area (Å²) < 4.78 is 11.7. The van der Waals surface area contributed by atoms with Crippen molar-refractivity contribution in [3.8, 4) is 0 Å². The van der Waals surface area contributed by atoms with Crippen LogP contribution < -0.4 is 16.0 Å². The van der Waals surface area contributed by atoms with E-state index in [1.165, 1.54) is 6.08 Å². The number of carbonyl (C=O) groups is 3. The topological polar surface area (TPSA) is 111 Å². The summed E-state index contributed by atoms with van der Waals surface area (Å²) in [5.74, 6) is -0.296. The SMILES string of the molecule is C=CCOC(=O)Nc1ccc(CNC(=O)c2cc(NC(=O)OC(C)(C)C)cn2C)cc1. The van der Waals surface area contributed by atoms with Crippen LogP contribution in [-0.4, -0.2) is 34.9 Å². The molecule has 3 amide bonds. The Morgan fingerprint density at radius 3 is 2.32 bits per heavy atom. The van der Waals surface area contributed by atoms with Crippen molar-refractivity contribution in [2.75, 3.05) is 17.2 Å². The van der Waals surface area contributed by atoms with Crippen LogP contribution in [0.4, 0.5) is 21.0 Å². The molecule has 1 aromatic heterocycles. The third-order valence-corrected chi connectivity index (χ3v) is 3.87. The first-order valence-corrected chi connectivity index (χ1v) is 9.65. The van der Waals surface area contributed by atoms with E-state index in [1.807, 2.05) is 0 Å². The van der Waals surface area contributed by atoms with E-state index in [4.69, 9.17) is 9.47 Å². The summed E-state index contributed by atoms with van der Waals surface area (Å²) >= 11 is 0. The molecule has 9 nitrogen and oxygen atoms in total. The zero-order valence-corrected chi connectivity index (χ0v) is 18.2. The van der Waals surface area contributed by atoms with Crippen LogP contribution in [0.3, 0.4) is 0 Å². The van der Waals surface area contributed by atoms with Crippen LogP contribution in [-0.2, 0) is 23.1 Å². The van der Waals surface area contributed by atoms with Crippen LogP contribution in [0.15, 0.2) is 49.2 Å². The summed E-state index contributed by atoms with van der Waals surface area (Å²) in [4.78, 5) is 35.9.